The molecule has 0 aliphatic rings. The molecule has 0 saturated carbocycles. The molecule has 21 heavy (non-hydrogen) atoms. The van der Waals surface area contributed by atoms with E-state index in [1.54, 1.807) is 18.2 Å². The fraction of sp³-hybridized carbons (Fsp3) is 0.235. The van der Waals surface area contributed by atoms with Gasteiger partial charge in [-0.15, -0.1) is 0 Å². The first kappa shape index (κ1) is 15.0. The van der Waals surface area contributed by atoms with Crippen molar-refractivity contribution in [2.75, 3.05) is 17.2 Å². The number of halogens is 1. The molecule has 2 aromatic rings. The summed E-state index contributed by atoms with van der Waals surface area (Å²) in [5.74, 6) is -0.406. The third-order valence-electron chi connectivity index (χ3n) is 3.19. The molecule has 110 valence electrons. The summed E-state index contributed by atoms with van der Waals surface area (Å²) in [4.78, 5) is 11.8. The standard InChI is InChI=1S/C17H19FN2O/c1-2-13-7-9-14(10-8-13)20-17(21)11-12-19-16-6-4-3-5-15(16)18/h3-10,19H,2,11-12H2,1H3,(H,20,21). The zero-order valence-electron chi connectivity index (χ0n) is 12.0. The van der Waals surface area contributed by atoms with Gasteiger partial charge in [-0.05, 0) is 36.2 Å². The lowest BCUT2D eigenvalue weighted by Gasteiger charge is -2.08. The second-order valence-electron chi connectivity index (χ2n) is 4.76. The number of carbonyl (C=O) groups is 1. The van der Waals surface area contributed by atoms with Crippen molar-refractivity contribution in [3.05, 3.63) is 59.9 Å². The van der Waals surface area contributed by atoms with Crippen LogP contribution < -0.4 is 10.6 Å². The fourth-order valence-electron chi connectivity index (χ4n) is 1.96. The third-order valence-corrected chi connectivity index (χ3v) is 3.19. The lowest BCUT2D eigenvalue weighted by Crippen LogP contribution is -2.16. The van der Waals surface area contributed by atoms with E-state index in [9.17, 15) is 9.18 Å². The number of para-hydroxylation sites is 1. The van der Waals surface area contributed by atoms with Gasteiger partial charge in [-0.2, -0.15) is 0 Å². The topological polar surface area (TPSA) is 41.1 Å². The quantitative estimate of drug-likeness (QED) is 0.847. The van der Waals surface area contributed by atoms with E-state index in [1.807, 2.05) is 24.3 Å². The van der Waals surface area contributed by atoms with Crippen molar-refractivity contribution in [1.29, 1.82) is 0 Å². The zero-order valence-corrected chi connectivity index (χ0v) is 12.0. The second kappa shape index (κ2) is 7.43. The van der Waals surface area contributed by atoms with E-state index in [-0.39, 0.29) is 18.1 Å². The van der Waals surface area contributed by atoms with Gasteiger partial charge in [0.25, 0.3) is 0 Å². The summed E-state index contributed by atoms with van der Waals surface area (Å²) in [6, 6.07) is 14.2. The molecule has 0 unspecified atom stereocenters. The first-order valence-electron chi connectivity index (χ1n) is 7.06. The van der Waals surface area contributed by atoms with Crippen LogP contribution in [0.4, 0.5) is 15.8 Å². The molecular weight excluding hydrogens is 267 g/mol. The van der Waals surface area contributed by atoms with Gasteiger partial charge in [0, 0.05) is 18.7 Å². The Balaban J connectivity index is 1.78. The van der Waals surface area contributed by atoms with Crippen molar-refractivity contribution in [2.24, 2.45) is 0 Å². The Morgan fingerprint density at radius 3 is 2.48 bits per heavy atom. The maximum Gasteiger partial charge on any atom is 0.226 e. The molecule has 0 heterocycles. The highest BCUT2D eigenvalue weighted by Crippen LogP contribution is 2.13. The van der Waals surface area contributed by atoms with Gasteiger partial charge in [-0.25, -0.2) is 4.39 Å². The minimum atomic E-state index is -0.312. The Bertz CT molecular complexity index is 596. The second-order valence-corrected chi connectivity index (χ2v) is 4.76. The number of hydrogen-bond acceptors (Lipinski definition) is 2. The zero-order chi connectivity index (χ0) is 15.1. The number of amides is 1. The molecule has 0 fully saturated rings. The smallest absolute Gasteiger partial charge is 0.226 e. The van der Waals surface area contributed by atoms with E-state index in [1.165, 1.54) is 11.6 Å². The van der Waals surface area contributed by atoms with Gasteiger partial charge >= 0.3 is 0 Å². The van der Waals surface area contributed by atoms with Crippen molar-refractivity contribution < 1.29 is 9.18 Å². The molecule has 0 spiro atoms. The summed E-state index contributed by atoms with van der Waals surface area (Å²) in [5.41, 5.74) is 2.43. The van der Waals surface area contributed by atoms with E-state index < -0.39 is 0 Å². The highest BCUT2D eigenvalue weighted by Gasteiger charge is 2.04. The predicted molar refractivity (Wildman–Crippen MR) is 84.0 cm³/mol. The summed E-state index contributed by atoms with van der Waals surface area (Å²) in [7, 11) is 0. The van der Waals surface area contributed by atoms with Gasteiger partial charge in [0.15, 0.2) is 0 Å². The van der Waals surface area contributed by atoms with E-state index >= 15 is 0 Å². The Kier molecular flexibility index (Phi) is 5.32. The molecule has 4 heteroatoms. The lowest BCUT2D eigenvalue weighted by molar-refractivity contribution is -0.115. The first-order valence-corrected chi connectivity index (χ1v) is 7.06. The number of carbonyl (C=O) groups excluding carboxylic acids is 1. The fourth-order valence-corrected chi connectivity index (χ4v) is 1.96. The minimum Gasteiger partial charge on any atom is -0.382 e. The molecule has 0 aromatic heterocycles. The van der Waals surface area contributed by atoms with Gasteiger partial charge in [-0.1, -0.05) is 31.2 Å². The van der Waals surface area contributed by atoms with Crippen LogP contribution in [0.25, 0.3) is 0 Å². The minimum absolute atomic E-state index is 0.0944. The molecule has 0 bridgehead atoms. The normalized spacial score (nSPS) is 10.2. The van der Waals surface area contributed by atoms with Crippen molar-refractivity contribution in [3.8, 4) is 0 Å². The van der Waals surface area contributed by atoms with E-state index in [0.717, 1.165) is 12.1 Å². The number of aryl methyl sites for hydroxylation is 1. The summed E-state index contributed by atoms with van der Waals surface area (Å²) in [6.45, 7) is 2.47. The first-order chi connectivity index (χ1) is 10.2. The molecule has 0 aliphatic carbocycles. The molecule has 2 N–H and O–H groups in total. The molecule has 2 rings (SSSR count). The summed E-state index contributed by atoms with van der Waals surface area (Å²) in [5, 5.41) is 5.73. The molecule has 0 saturated heterocycles. The van der Waals surface area contributed by atoms with Crippen molar-refractivity contribution >= 4 is 17.3 Å². The average molecular weight is 286 g/mol. The van der Waals surface area contributed by atoms with E-state index in [4.69, 9.17) is 0 Å². The molecule has 2 aromatic carbocycles. The van der Waals surface area contributed by atoms with Crippen molar-refractivity contribution in [2.45, 2.75) is 19.8 Å². The molecule has 0 atom stereocenters. The number of nitrogens with one attached hydrogen (secondary N) is 2. The summed E-state index contributed by atoms with van der Waals surface area (Å²) in [6.07, 6.45) is 1.25. The van der Waals surface area contributed by atoms with Crippen LogP contribution in [0.5, 0.6) is 0 Å². The van der Waals surface area contributed by atoms with Gasteiger partial charge in [-0.3, -0.25) is 4.79 Å². The van der Waals surface area contributed by atoms with Gasteiger partial charge in [0.05, 0.1) is 5.69 Å². The SMILES string of the molecule is CCc1ccc(NC(=O)CCNc2ccccc2F)cc1. The van der Waals surface area contributed by atoms with Crippen molar-refractivity contribution in [3.63, 3.8) is 0 Å². The summed E-state index contributed by atoms with van der Waals surface area (Å²) < 4.78 is 13.4. The van der Waals surface area contributed by atoms with Crippen LogP contribution in [0, 0.1) is 5.82 Å². The van der Waals surface area contributed by atoms with Crippen LogP contribution in [-0.2, 0) is 11.2 Å². The van der Waals surface area contributed by atoms with Crippen LogP contribution in [-0.4, -0.2) is 12.5 Å². The Morgan fingerprint density at radius 2 is 1.81 bits per heavy atom. The van der Waals surface area contributed by atoms with Crippen LogP contribution in [0.2, 0.25) is 0 Å². The number of rotatable bonds is 6. The van der Waals surface area contributed by atoms with Gasteiger partial charge < -0.3 is 10.6 Å². The van der Waals surface area contributed by atoms with Gasteiger partial charge in [0.1, 0.15) is 5.82 Å². The maximum absolute atomic E-state index is 13.4. The Morgan fingerprint density at radius 1 is 1.10 bits per heavy atom. The van der Waals surface area contributed by atoms with Crippen LogP contribution in [0.15, 0.2) is 48.5 Å². The van der Waals surface area contributed by atoms with E-state index in [2.05, 4.69) is 17.6 Å². The molecule has 1 amide bonds. The van der Waals surface area contributed by atoms with Crippen LogP contribution in [0.1, 0.15) is 18.9 Å². The highest BCUT2D eigenvalue weighted by atomic mass is 19.1. The van der Waals surface area contributed by atoms with E-state index in [0.29, 0.717) is 12.2 Å². The highest BCUT2D eigenvalue weighted by molar-refractivity contribution is 5.90. The monoisotopic (exact) mass is 286 g/mol. The summed E-state index contributed by atoms with van der Waals surface area (Å²) >= 11 is 0. The number of anilines is 2. The average Bonchev–Trinajstić information content (AvgIpc) is 2.50. The Hall–Kier alpha value is -2.36. The number of benzene rings is 2. The van der Waals surface area contributed by atoms with Crippen LogP contribution in [0.3, 0.4) is 0 Å². The third kappa shape index (κ3) is 4.60. The maximum atomic E-state index is 13.4. The van der Waals surface area contributed by atoms with Gasteiger partial charge in [0.2, 0.25) is 5.91 Å². The Labute approximate surface area is 124 Å². The lowest BCUT2D eigenvalue weighted by atomic mass is 10.1. The molecule has 0 radical (unpaired) electrons. The molecular formula is C17H19FN2O. The number of hydrogen-bond donors (Lipinski definition) is 2. The largest absolute Gasteiger partial charge is 0.382 e. The van der Waals surface area contributed by atoms with Crippen molar-refractivity contribution in [1.82, 2.24) is 0 Å². The predicted octanol–water partition coefficient (Wildman–Crippen LogP) is 3.83. The molecule has 3 nitrogen and oxygen atoms in total. The molecule has 0 aliphatic heterocycles. The van der Waals surface area contributed by atoms with Crippen LogP contribution >= 0.6 is 0 Å².